The van der Waals surface area contributed by atoms with E-state index in [1.165, 1.54) is 24.3 Å². The Balaban J connectivity index is 1.80. The molecule has 1 aliphatic rings. The highest BCUT2D eigenvalue weighted by atomic mass is 16.7. The fraction of sp³-hybridized carbons (Fsp3) is 0.273. The average Bonchev–Trinajstić information content (AvgIpc) is 2.79. The number of aliphatic carboxylic acids is 1. The van der Waals surface area contributed by atoms with Crippen molar-refractivity contribution in [2.24, 2.45) is 0 Å². The zero-order chi connectivity index (χ0) is 24.7. The third-order valence-electron chi connectivity index (χ3n) is 5.32. The van der Waals surface area contributed by atoms with E-state index in [9.17, 15) is 40.2 Å². The van der Waals surface area contributed by atoms with Gasteiger partial charge in [-0.25, -0.2) is 4.79 Å². The van der Waals surface area contributed by atoms with E-state index in [0.29, 0.717) is 5.56 Å². The van der Waals surface area contributed by atoms with Crippen LogP contribution in [0.5, 0.6) is 23.0 Å². The van der Waals surface area contributed by atoms with E-state index in [0.717, 1.165) is 19.2 Å². The number of phenolic OH excluding ortho intramolecular Hbond substituents is 2. The molecule has 3 aromatic rings. The Morgan fingerprint density at radius 2 is 1.68 bits per heavy atom. The number of fused-ring (bicyclic) bond motifs is 1. The molecule has 5 atom stereocenters. The lowest BCUT2D eigenvalue weighted by molar-refractivity contribution is -0.271. The second kappa shape index (κ2) is 8.83. The Kier molecular flexibility index (Phi) is 6.06. The number of benzene rings is 2. The van der Waals surface area contributed by atoms with Gasteiger partial charge in [-0.15, -0.1) is 0 Å². The summed E-state index contributed by atoms with van der Waals surface area (Å²) in [6.07, 6.45) is -9.42. The lowest BCUT2D eigenvalue weighted by atomic mass is 9.99. The first kappa shape index (κ1) is 23.3. The first-order valence-corrected chi connectivity index (χ1v) is 9.88. The molecule has 4 rings (SSSR count). The second-order valence-corrected chi connectivity index (χ2v) is 7.50. The summed E-state index contributed by atoms with van der Waals surface area (Å²) in [5.41, 5.74) is -0.323. The van der Waals surface area contributed by atoms with Crippen LogP contribution in [0.25, 0.3) is 22.3 Å². The van der Waals surface area contributed by atoms with Crippen molar-refractivity contribution in [3.63, 3.8) is 0 Å². The van der Waals surface area contributed by atoms with Crippen LogP contribution >= 0.6 is 0 Å². The van der Waals surface area contributed by atoms with Gasteiger partial charge in [0.15, 0.2) is 23.0 Å². The summed E-state index contributed by atoms with van der Waals surface area (Å²) in [6, 6.07) is 8.08. The van der Waals surface area contributed by atoms with Gasteiger partial charge in [0.25, 0.3) is 0 Å². The van der Waals surface area contributed by atoms with Crippen molar-refractivity contribution in [3.05, 3.63) is 46.6 Å². The molecule has 1 saturated heterocycles. The topological polar surface area (TPSA) is 196 Å². The first-order chi connectivity index (χ1) is 16.1. The Morgan fingerprint density at radius 3 is 2.29 bits per heavy atom. The van der Waals surface area contributed by atoms with Gasteiger partial charge in [0.05, 0.1) is 7.11 Å². The Hall–Kier alpha value is -3.84. The summed E-state index contributed by atoms with van der Waals surface area (Å²) in [5.74, 6) is -2.81. The summed E-state index contributed by atoms with van der Waals surface area (Å²) in [6.45, 7) is 0. The summed E-state index contributed by atoms with van der Waals surface area (Å²) < 4.78 is 21.4. The van der Waals surface area contributed by atoms with Gasteiger partial charge in [-0.3, -0.25) is 4.79 Å². The van der Waals surface area contributed by atoms with Crippen LogP contribution in [0.4, 0.5) is 0 Å². The van der Waals surface area contributed by atoms with Crippen LogP contribution in [0.15, 0.2) is 45.6 Å². The highest BCUT2D eigenvalue weighted by Gasteiger charge is 2.48. The zero-order valence-electron chi connectivity index (χ0n) is 17.5. The number of methoxy groups -OCH3 is 1. The van der Waals surface area contributed by atoms with Crippen LogP contribution in [0, 0.1) is 0 Å². The van der Waals surface area contributed by atoms with E-state index >= 15 is 0 Å². The van der Waals surface area contributed by atoms with Gasteiger partial charge in [-0.1, -0.05) is 0 Å². The van der Waals surface area contributed by atoms with Crippen LogP contribution in [0.2, 0.25) is 0 Å². The Labute approximate surface area is 190 Å². The minimum absolute atomic E-state index is 0.00274. The number of phenols is 2. The highest BCUT2D eigenvalue weighted by molar-refractivity contribution is 5.89. The number of ether oxygens (including phenoxy) is 3. The van der Waals surface area contributed by atoms with E-state index in [4.69, 9.17) is 18.6 Å². The lowest BCUT2D eigenvalue weighted by Crippen LogP contribution is -2.61. The molecule has 12 nitrogen and oxygen atoms in total. The predicted octanol–water partition coefficient (Wildman–Crippen LogP) is 0.151. The van der Waals surface area contributed by atoms with Crippen molar-refractivity contribution < 1.29 is 54.1 Å². The number of aromatic hydroxyl groups is 2. The summed E-state index contributed by atoms with van der Waals surface area (Å²) >= 11 is 0. The molecule has 180 valence electrons. The number of hydrogen-bond donors (Lipinski definition) is 6. The minimum atomic E-state index is -1.93. The molecule has 0 unspecified atom stereocenters. The average molecular weight is 476 g/mol. The Morgan fingerprint density at radius 1 is 1.00 bits per heavy atom. The number of aliphatic hydroxyl groups is 3. The van der Waals surface area contributed by atoms with Crippen LogP contribution in [-0.4, -0.2) is 74.4 Å². The fourth-order valence-electron chi connectivity index (χ4n) is 3.59. The molecular formula is C22H20O12. The molecule has 12 heteroatoms. The third kappa shape index (κ3) is 3.99. The highest BCUT2D eigenvalue weighted by Crippen LogP contribution is 2.43. The summed E-state index contributed by atoms with van der Waals surface area (Å²) in [5, 5.41) is 59.1. The molecule has 0 amide bonds. The second-order valence-electron chi connectivity index (χ2n) is 7.50. The smallest absolute Gasteiger partial charge is 0.335 e. The number of carboxylic acids is 1. The minimum Gasteiger partial charge on any atom is -0.508 e. The monoisotopic (exact) mass is 476 g/mol. The molecule has 6 N–H and O–H groups in total. The number of hydrogen-bond acceptors (Lipinski definition) is 11. The van der Waals surface area contributed by atoms with E-state index in [2.05, 4.69) is 0 Å². The molecule has 0 radical (unpaired) electrons. The number of carboxylic acid groups (broad SMARTS) is 1. The van der Waals surface area contributed by atoms with Gasteiger partial charge in [-0.05, 0) is 24.3 Å². The van der Waals surface area contributed by atoms with Crippen molar-refractivity contribution in [2.75, 3.05) is 7.11 Å². The molecule has 1 fully saturated rings. The zero-order valence-corrected chi connectivity index (χ0v) is 17.5. The van der Waals surface area contributed by atoms with E-state index in [1.54, 1.807) is 0 Å². The van der Waals surface area contributed by atoms with Gasteiger partial charge in [0, 0.05) is 17.7 Å². The molecule has 0 aliphatic carbocycles. The van der Waals surface area contributed by atoms with Gasteiger partial charge in [0.2, 0.25) is 12.0 Å². The van der Waals surface area contributed by atoms with Crippen LogP contribution in [0.3, 0.4) is 0 Å². The molecule has 0 saturated carbocycles. The van der Waals surface area contributed by atoms with E-state index < -0.39 is 47.9 Å². The summed E-state index contributed by atoms with van der Waals surface area (Å²) in [4.78, 5) is 24.1. The maximum absolute atomic E-state index is 12.7. The molecule has 2 heterocycles. The number of aliphatic hydroxyl groups excluding tert-OH is 3. The number of rotatable bonds is 5. The van der Waals surface area contributed by atoms with Crippen molar-refractivity contribution in [2.45, 2.75) is 30.7 Å². The standard InChI is InChI=1S/C22H20O12/c1-31-19-13(33-22-18(28)16(26)17(27)20(34-22)21(29)30)7-12-14(15(19)25)10(24)6-11(32-12)8-2-4-9(23)5-3-8/h2-7,16-18,20,22-23,25-28H,1H3,(H,29,30)/t16-,17-,18-,20+,22-/m1/s1. The van der Waals surface area contributed by atoms with Crippen molar-refractivity contribution in [1.29, 1.82) is 0 Å². The Bertz CT molecular complexity index is 1280. The van der Waals surface area contributed by atoms with Crippen molar-refractivity contribution in [1.82, 2.24) is 0 Å². The van der Waals surface area contributed by atoms with Gasteiger partial charge in [0.1, 0.15) is 40.8 Å². The quantitative estimate of drug-likeness (QED) is 0.292. The van der Waals surface area contributed by atoms with Crippen molar-refractivity contribution in [3.8, 4) is 34.3 Å². The molecule has 34 heavy (non-hydrogen) atoms. The maximum atomic E-state index is 12.7. The van der Waals surface area contributed by atoms with Crippen LogP contribution in [-0.2, 0) is 9.53 Å². The lowest BCUT2D eigenvalue weighted by Gasteiger charge is -2.38. The van der Waals surface area contributed by atoms with Crippen LogP contribution in [0.1, 0.15) is 0 Å². The van der Waals surface area contributed by atoms with Crippen molar-refractivity contribution >= 4 is 16.9 Å². The first-order valence-electron chi connectivity index (χ1n) is 9.88. The molecule has 0 bridgehead atoms. The van der Waals surface area contributed by atoms with E-state index in [1.807, 2.05) is 0 Å². The van der Waals surface area contributed by atoms with Crippen LogP contribution < -0.4 is 14.9 Å². The maximum Gasteiger partial charge on any atom is 0.335 e. The molecule has 1 aliphatic heterocycles. The largest absolute Gasteiger partial charge is 0.508 e. The molecule has 2 aromatic carbocycles. The normalized spacial score (nSPS) is 24.6. The SMILES string of the molecule is COc1c(O[C@@H]2O[C@H](C(=O)O)[C@H](O)[C@@H](O)[C@H]2O)cc2oc(-c3ccc(O)cc3)cc(=O)c2c1O. The third-order valence-corrected chi connectivity index (χ3v) is 5.32. The summed E-state index contributed by atoms with van der Waals surface area (Å²) in [7, 11) is 1.16. The van der Waals surface area contributed by atoms with Gasteiger partial charge < -0.3 is 49.3 Å². The predicted molar refractivity (Wildman–Crippen MR) is 113 cm³/mol. The van der Waals surface area contributed by atoms with Gasteiger partial charge >= 0.3 is 5.97 Å². The molecular weight excluding hydrogens is 456 g/mol. The van der Waals surface area contributed by atoms with Gasteiger partial charge in [-0.2, -0.15) is 0 Å². The fourth-order valence-corrected chi connectivity index (χ4v) is 3.59. The van der Waals surface area contributed by atoms with E-state index in [-0.39, 0.29) is 34.0 Å². The number of carbonyl (C=O) groups is 1. The molecule has 0 spiro atoms. The molecule has 1 aromatic heterocycles.